The Morgan fingerprint density at radius 2 is 2.37 bits per heavy atom. The minimum atomic E-state index is 0.0785. The molecular weight excluding hydrogens is 240 g/mol. The highest BCUT2D eigenvalue weighted by molar-refractivity contribution is 5.73. The van der Waals surface area contributed by atoms with Crippen molar-refractivity contribution in [1.29, 1.82) is 0 Å². The van der Waals surface area contributed by atoms with E-state index in [-0.39, 0.29) is 5.91 Å². The van der Waals surface area contributed by atoms with E-state index in [0.717, 1.165) is 51.3 Å². The Bertz CT molecular complexity index is 415. The third-order valence-corrected chi connectivity index (χ3v) is 3.69. The van der Waals surface area contributed by atoms with E-state index < -0.39 is 0 Å². The van der Waals surface area contributed by atoms with E-state index in [0.29, 0.717) is 6.04 Å². The second-order valence-corrected chi connectivity index (χ2v) is 5.23. The van der Waals surface area contributed by atoms with Crippen LogP contribution in [0.4, 0.5) is 0 Å². The molecular formula is C14H24N4O. The van der Waals surface area contributed by atoms with Crippen molar-refractivity contribution in [2.75, 3.05) is 19.6 Å². The van der Waals surface area contributed by atoms with Crippen molar-refractivity contribution < 1.29 is 4.79 Å². The van der Waals surface area contributed by atoms with Gasteiger partial charge in [0.2, 0.25) is 5.91 Å². The fourth-order valence-corrected chi connectivity index (χ4v) is 2.77. The summed E-state index contributed by atoms with van der Waals surface area (Å²) in [5.41, 5.74) is 0. The number of imidazole rings is 1. The zero-order chi connectivity index (χ0) is 13.7. The molecule has 1 saturated heterocycles. The second-order valence-electron chi connectivity index (χ2n) is 5.23. The molecule has 1 aromatic heterocycles. The number of aromatic nitrogens is 2. The molecule has 1 N–H and O–H groups in total. The Morgan fingerprint density at radius 3 is 3.11 bits per heavy atom. The number of carbonyl (C=O) groups excluding carboxylic acids is 1. The predicted octanol–water partition coefficient (Wildman–Crippen LogP) is 1.05. The molecule has 19 heavy (non-hydrogen) atoms. The molecule has 1 aliphatic rings. The predicted molar refractivity (Wildman–Crippen MR) is 74.9 cm³/mol. The van der Waals surface area contributed by atoms with Gasteiger partial charge in [0.05, 0.1) is 0 Å². The number of piperidine rings is 1. The SMILES string of the molecule is CCc1nccn1CCN1CCCC(NC(C)=O)C1. The van der Waals surface area contributed by atoms with Gasteiger partial charge in [-0.1, -0.05) is 6.92 Å². The molecule has 106 valence electrons. The highest BCUT2D eigenvalue weighted by Crippen LogP contribution is 2.10. The number of rotatable bonds is 5. The lowest BCUT2D eigenvalue weighted by Gasteiger charge is -2.33. The van der Waals surface area contributed by atoms with E-state index in [1.165, 1.54) is 0 Å². The van der Waals surface area contributed by atoms with Gasteiger partial charge >= 0.3 is 0 Å². The van der Waals surface area contributed by atoms with Crippen molar-refractivity contribution in [2.24, 2.45) is 0 Å². The van der Waals surface area contributed by atoms with Crippen LogP contribution in [0.25, 0.3) is 0 Å². The van der Waals surface area contributed by atoms with Crippen LogP contribution in [0.5, 0.6) is 0 Å². The quantitative estimate of drug-likeness (QED) is 0.864. The Kier molecular flexibility index (Phi) is 4.96. The largest absolute Gasteiger partial charge is 0.352 e. The molecule has 1 aromatic rings. The maximum atomic E-state index is 11.1. The van der Waals surface area contributed by atoms with E-state index >= 15 is 0 Å². The highest BCUT2D eigenvalue weighted by atomic mass is 16.1. The standard InChI is InChI=1S/C14H24N4O/c1-3-14-15-6-8-18(14)10-9-17-7-4-5-13(11-17)16-12(2)19/h6,8,13H,3-5,7,9-11H2,1-2H3,(H,16,19). The number of amides is 1. The maximum absolute atomic E-state index is 11.1. The molecule has 0 aromatic carbocycles. The lowest BCUT2D eigenvalue weighted by molar-refractivity contribution is -0.120. The van der Waals surface area contributed by atoms with E-state index in [1.54, 1.807) is 6.92 Å². The fraction of sp³-hybridized carbons (Fsp3) is 0.714. The van der Waals surface area contributed by atoms with Crippen LogP contribution in [0.2, 0.25) is 0 Å². The van der Waals surface area contributed by atoms with E-state index in [2.05, 4.69) is 26.7 Å². The summed E-state index contributed by atoms with van der Waals surface area (Å²) in [5, 5.41) is 3.03. The molecule has 0 saturated carbocycles. The summed E-state index contributed by atoms with van der Waals surface area (Å²) in [6, 6.07) is 0.319. The maximum Gasteiger partial charge on any atom is 0.217 e. The van der Waals surface area contributed by atoms with Crippen LogP contribution in [0.15, 0.2) is 12.4 Å². The Labute approximate surface area is 115 Å². The average molecular weight is 264 g/mol. The lowest BCUT2D eigenvalue weighted by atomic mass is 10.1. The molecule has 0 radical (unpaired) electrons. The molecule has 5 heteroatoms. The Hall–Kier alpha value is -1.36. The first kappa shape index (κ1) is 14.1. The van der Waals surface area contributed by atoms with Crippen LogP contribution >= 0.6 is 0 Å². The van der Waals surface area contributed by atoms with Gasteiger partial charge in [-0.05, 0) is 19.4 Å². The Morgan fingerprint density at radius 1 is 1.53 bits per heavy atom. The number of likely N-dealkylation sites (tertiary alicyclic amines) is 1. The molecule has 2 rings (SSSR count). The molecule has 1 unspecified atom stereocenters. The van der Waals surface area contributed by atoms with Gasteiger partial charge in [0.25, 0.3) is 0 Å². The van der Waals surface area contributed by atoms with E-state index in [4.69, 9.17) is 0 Å². The molecule has 5 nitrogen and oxygen atoms in total. The van der Waals surface area contributed by atoms with Crippen molar-refractivity contribution in [2.45, 2.75) is 45.7 Å². The summed E-state index contributed by atoms with van der Waals surface area (Å²) in [5.74, 6) is 1.23. The van der Waals surface area contributed by atoms with Gasteiger partial charge in [-0.3, -0.25) is 9.69 Å². The number of carbonyl (C=O) groups is 1. The second kappa shape index (κ2) is 6.70. The van der Waals surface area contributed by atoms with Crippen molar-refractivity contribution in [3.63, 3.8) is 0 Å². The van der Waals surface area contributed by atoms with Gasteiger partial charge in [-0.2, -0.15) is 0 Å². The van der Waals surface area contributed by atoms with Gasteiger partial charge in [0.15, 0.2) is 0 Å². The molecule has 0 spiro atoms. The topological polar surface area (TPSA) is 50.2 Å². The normalized spacial score (nSPS) is 20.4. The van der Waals surface area contributed by atoms with Gasteiger partial charge in [-0.15, -0.1) is 0 Å². The first-order valence-corrected chi connectivity index (χ1v) is 7.18. The number of hydrogen-bond acceptors (Lipinski definition) is 3. The van der Waals surface area contributed by atoms with Crippen LogP contribution in [-0.2, 0) is 17.8 Å². The molecule has 1 atom stereocenters. The fourth-order valence-electron chi connectivity index (χ4n) is 2.77. The van der Waals surface area contributed by atoms with Gasteiger partial charge < -0.3 is 9.88 Å². The monoisotopic (exact) mass is 264 g/mol. The van der Waals surface area contributed by atoms with Crippen molar-refractivity contribution in [1.82, 2.24) is 19.8 Å². The smallest absolute Gasteiger partial charge is 0.217 e. The summed E-state index contributed by atoms with van der Waals surface area (Å²) >= 11 is 0. The highest BCUT2D eigenvalue weighted by Gasteiger charge is 2.20. The summed E-state index contributed by atoms with van der Waals surface area (Å²) in [7, 11) is 0. The third-order valence-electron chi connectivity index (χ3n) is 3.69. The number of nitrogens with one attached hydrogen (secondary N) is 1. The van der Waals surface area contributed by atoms with Crippen molar-refractivity contribution in [3.8, 4) is 0 Å². The first-order valence-electron chi connectivity index (χ1n) is 7.18. The molecule has 0 bridgehead atoms. The number of aryl methyl sites for hydroxylation is 1. The summed E-state index contributed by atoms with van der Waals surface area (Å²) in [6.07, 6.45) is 7.15. The van der Waals surface area contributed by atoms with E-state index in [1.807, 2.05) is 12.4 Å². The van der Waals surface area contributed by atoms with Gasteiger partial charge in [-0.25, -0.2) is 4.98 Å². The van der Waals surface area contributed by atoms with Crippen LogP contribution < -0.4 is 5.32 Å². The van der Waals surface area contributed by atoms with Crippen LogP contribution in [0.1, 0.15) is 32.5 Å². The zero-order valence-corrected chi connectivity index (χ0v) is 11.9. The molecule has 1 aliphatic heterocycles. The van der Waals surface area contributed by atoms with Gasteiger partial charge in [0.1, 0.15) is 5.82 Å². The minimum Gasteiger partial charge on any atom is -0.352 e. The summed E-state index contributed by atoms with van der Waals surface area (Å²) in [4.78, 5) is 17.9. The zero-order valence-electron chi connectivity index (χ0n) is 11.9. The number of hydrogen-bond donors (Lipinski definition) is 1. The summed E-state index contributed by atoms with van der Waals surface area (Å²) < 4.78 is 2.22. The molecule has 1 amide bonds. The van der Waals surface area contributed by atoms with Crippen molar-refractivity contribution in [3.05, 3.63) is 18.2 Å². The van der Waals surface area contributed by atoms with E-state index in [9.17, 15) is 4.79 Å². The third kappa shape index (κ3) is 4.06. The average Bonchev–Trinajstić information content (AvgIpc) is 2.83. The van der Waals surface area contributed by atoms with Crippen LogP contribution in [0.3, 0.4) is 0 Å². The first-order chi connectivity index (χ1) is 9.19. The van der Waals surface area contributed by atoms with Crippen LogP contribution in [-0.4, -0.2) is 46.0 Å². The Balaban J connectivity index is 1.81. The molecule has 1 fully saturated rings. The molecule has 2 heterocycles. The lowest BCUT2D eigenvalue weighted by Crippen LogP contribution is -2.47. The summed E-state index contributed by atoms with van der Waals surface area (Å²) in [6.45, 7) is 7.84. The number of nitrogens with zero attached hydrogens (tertiary/aromatic N) is 3. The van der Waals surface area contributed by atoms with Crippen LogP contribution in [0, 0.1) is 0 Å². The van der Waals surface area contributed by atoms with Crippen molar-refractivity contribution >= 4 is 5.91 Å². The molecule has 0 aliphatic carbocycles. The minimum absolute atomic E-state index is 0.0785. The van der Waals surface area contributed by atoms with Gasteiger partial charge in [0, 0.05) is 51.4 Å².